The Morgan fingerprint density at radius 3 is 2.48 bits per heavy atom. The molecule has 0 aliphatic rings. The molecule has 0 aliphatic carbocycles. The third-order valence-corrected chi connectivity index (χ3v) is 3.70. The summed E-state index contributed by atoms with van der Waals surface area (Å²) in [4.78, 5) is 0. The SMILES string of the molecule is CCCCc1ccc(NCc2nnc(-c3ccccc3)o2)cc1. The Morgan fingerprint density at radius 1 is 0.957 bits per heavy atom. The summed E-state index contributed by atoms with van der Waals surface area (Å²) in [6.45, 7) is 2.73. The monoisotopic (exact) mass is 307 g/mol. The van der Waals surface area contributed by atoms with E-state index >= 15 is 0 Å². The first kappa shape index (κ1) is 15.3. The van der Waals surface area contributed by atoms with Crippen LogP contribution in [-0.2, 0) is 13.0 Å². The zero-order valence-corrected chi connectivity index (χ0v) is 13.3. The molecular weight excluding hydrogens is 286 g/mol. The van der Waals surface area contributed by atoms with E-state index in [1.807, 2.05) is 30.3 Å². The van der Waals surface area contributed by atoms with Crippen LogP contribution in [0.25, 0.3) is 11.5 Å². The first-order valence-corrected chi connectivity index (χ1v) is 8.06. The second kappa shape index (κ2) is 7.58. The highest BCUT2D eigenvalue weighted by molar-refractivity contribution is 5.51. The number of aromatic nitrogens is 2. The van der Waals surface area contributed by atoms with E-state index in [0.717, 1.165) is 17.7 Å². The number of hydrogen-bond donors (Lipinski definition) is 1. The second-order valence-corrected chi connectivity index (χ2v) is 5.52. The Hall–Kier alpha value is -2.62. The standard InChI is InChI=1S/C19H21N3O/c1-2-3-7-15-10-12-17(13-11-15)20-14-18-21-22-19(23-18)16-8-5-4-6-9-16/h4-6,8-13,20H,2-3,7,14H2,1H3. The van der Waals surface area contributed by atoms with Gasteiger partial charge < -0.3 is 9.73 Å². The van der Waals surface area contributed by atoms with Crippen LogP contribution < -0.4 is 5.32 Å². The van der Waals surface area contributed by atoms with Crippen LogP contribution in [0.15, 0.2) is 59.0 Å². The predicted molar refractivity (Wildman–Crippen MR) is 92.1 cm³/mol. The van der Waals surface area contributed by atoms with E-state index in [1.165, 1.54) is 18.4 Å². The van der Waals surface area contributed by atoms with Crippen LogP contribution in [0.4, 0.5) is 5.69 Å². The van der Waals surface area contributed by atoms with Crippen LogP contribution in [0.3, 0.4) is 0 Å². The van der Waals surface area contributed by atoms with E-state index in [0.29, 0.717) is 18.3 Å². The molecule has 0 spiro atoms. The Bertz CT molecular complexity index is 720. The van der Waals surface area contributed by atoms with Crippen molar-refractivity contribution in [3.05, 3.63) is 66.1 Å². The fourth-order valence-electron chi connectivity index (χ4n) is 2.37. The van der Waals surface area contributed by atoms with Crippen molar-refractivity contribution in [1.82, 2.24) is 10.2 Å². The van der Waals surface area contributed by atoms with E-state index in [2.05, 4.69) is 46.7 Å². The molecule has 0 atom stereocenters. The van der Waals surface area contributed by atoms with Gasteiger partial charge in [0.15, 0.2) is 0 Å². The molecule has 118 valence electrons. The number of unbranched alkanes of at least 4 members (excludes halogenated alkanes) is 1. The summed E-state index contributed by atoms with van der Waals surface area (Å²) in [5.41, 5.74) is 3.37. The van der Waals surface area contributed by atoms with Crippen molar-refractivity contribution in [3.8, 4) is 11.5 Å². The summed E-state index contributed by atoms with van der Waals surface area (Å²) in [6, 6.07) is 18.3. The van der Waals surface area contributed by atoms with Crippen LogP contribution in [0.1, 0.15) is 31.2 Å². The maximum atomic E-state index is 5.68. The molecule has 3 rings (SSSR count). The van der Waals surface area contributed by atoms with Crippen molar-refractivity contribution >= 4 is 5.69 Å². The Labute approximate surface area is 136 Å². The van der Waals surface area contributed by atoms with Crippen LogP contribution in [0.5, 0.6) is 0 Å². The van der Waals surface area contributed by atoms with Gasteiger partial charge in [0, 0.05) is 11.3 Å². The summed E-state index contributed by atoms with van der Waals surface area (Å²) >= 11 is 0. The Kier molecular flexibility index (Phi) is 5.04. The maximum absolute atomic E-state index is 5.68. The fraction of sp³-hybridized carbons (Fsp3) is 0.263. The summed E-state index contributed by atoms with van der Waals surface area (Å²) < 4.78 is 5.68. The van der Waals surface area contributed by atoms with Gasteiger partial charge in [-0.1, -0.05) is 43.7 Å². The topological polar surface area (TPSA) is 51.0 Å². The van der Waals surface area contributed by atoms with E-state index in [4.69, 9.17) is 4.42 Å². The quantitative estimate of drug-likeness (QED) is 0.688. The molecule has 0 saturated carbocycles. The molecule has 0 saturated heterocycles. The molecule has 4 heteroatoms. The molecule has 23 heavy (non-hydrogen) atoms. The van der Waals surface area contributed by atoms with Crippen LogP contribution in [0, 0.1) is 0 Å². The van der Waals surface area contributed by atoms with E-state index < -0.39 is 0 Å². The molecule has 0 fully saturated rings. The highest BCUT2D eigenvalue weighted by Gasteiger charge is 2.07. The Morgan fingerprint density at radius 2 is 1.74 bits per heavy atom. The van der Waals surface area contributed by atoms with Crippen molar-refractivity contribution in [3.63, 3.8) is 0 Å². The first-order valence-electron chi connectivity index (χ1n) is 8.06. The largest absolute Gasteiger partial charge is 0.419 e. The predicted octanol–water partition coefficient (Wildman–Crippen LogP) is 4.69. The number of rotatable bonds is 7. The number of nitrogens with one attached hydrogen (secondary N) is 1. The third-order valence-electron chi connectivity index (χ3n) is 3.70. The lowest BCUT2D eigenvalue weighted by Crippen LogP contribution is -1.99. The van der Waals surface area contributed by atoms with Crippen LogP contribution >= 0.6 is 0 Å². The summed E-state index contributed by atoms with van der Waals surface area (Å²) in [5.74, 6) is 1.14. The molecule has 1 aromatic heterocycles. The first-order chi connectivity index (χ1) is 11.3. The second-order valence-electron chi connectivity index (χ2n) is 5.52. The van der Waals surface area contributed by atoms with Gasteiger partial charge in [0.1, 0.15) is 0 Å². The number of benzene rings is 2. The molecule has 0 radical (unpaired) electrons. The summed E-state index contributed by atoms with van der Waals surface area (Å²) in [5, 5.41) is 11.5. The normalized spacial score (nSPS) is 10.7. The molecular formula is C19H21N3O. The summed E-state index contributed by atoms with van der Waals surface area (Å²) in [6.07, 6.45) is 3.60. The van der Waals surface area contributed by atoms with Gasteiger partial charge in [-0.25, -0.2) is 0 Å². The van der Waals surface area contributed by atoms with Gasteiger partial charge >= 0.3 is 0 Å². The molecule has 0 unspecified atom stereocenters. The maximum Gasteiger partial charge on any atom is 0.247 e. The number of anilines is 1. The van der Waals surface area contributed by atoms with Crippen molar-refractivity contribution in [2.24, 2.45) is 0 Å². The van der Waals surface area contributed by atoms with Crippen molar-refractivity contribution in [1.29, 1.82) is 0 Å². The lowest BCUT2D eigenvalue weighted by Gasteiger charge is -2.05. The lowest BCUT2D eigenvalue weighted by atomic mass is 10.1. The van der Waals surface area contributed by atoms with Crippen molar-refractivity contribution in [2.75, 3.05) is 5.32 Å². The molecule has 1 heterocycles. The minimum atomic E-state index is 0.522. The third kappa shape index (κ3) is 4.19. The van der Waals surface area contributed by atoms with Crippen LogP contribution in [0.2, 0.25) is 0 Å². The van der Waals surface area contributed by atoms with Gasteiger partial charge in [-0.15, -0.1) is 10.2 Å². The molecule has 0 bridgehead atoms. The van der Waals surface area contributed by atoms with Gasteiger partial charge in [0.2, 0.25) is 11.8 Å². The van der Waals surface area contributed by atoms with E-state index in [9.17, 15) is 0 Å². The van der Waals surface area contributed by atoms with Gasteiger partial charge in [-0.2, -0.15) is 0 Å². The van der Waals surface area contributed by atoms with E-state index in [1.54, 1.807) is 0 Å². The molecule has 0 aliphatic heterocycles. The zero-order chi connectivity index (χ0) is 15.9. The average Bonchev–Trinajstić information content (AvgIpc) is 3.09. The van der Waals surface area contributed by atoms with Crippen LogP contribution in [-0.4, -0.2) is 10.2 Å². The summed E-state index contributed by atoms with van der Waals surface area (Å²) in [7, 11) is 0. The Balaban J connectivity index is 1.57. The number of aryl methyl sites for hydroxylation is 1. The molecule has 1 N–H and O–H groups in total. The molecule has 0 amide bonds. The highest BCUT2D eigenvalue weighted by Crippen LogP contribution is 2.18. The average molecular weight is 307 g/mol. The number of nitrogens with zero attached hydrogens (tertiary/aromatic N) is 2. The van der Waals surface area contributed by atoms with Gasteiger partial charge in [-0.3, -0.25) is 0 Å². The molecule has 4 nitrogen and oxygen atoms in total. The smallest absolute Gasteiger partial charge is 0.247 e. The fourth-order valence-corrected chi connectivity index (χ4v) is 2.37. The van der Waals surface area contributed by atoms with Crippen molar-refractivity contribution in [2.45, 2.75) is 32.7 Å². The van der Waals surface area contributed by atoms with Gasteiger partial charge in [-0.05, 0) is 42.7 Å². The zero-order valence-electron chi connectivity index (χ0n) is 13.3. The van der Waals surface area contributed by atoms with Crippen molar-refractivity contribution < 1.29 is 4.42 Å². The number of hydrogen-bond acceptors (Lipinski definition) is 4. The van der Waals surface area contributed by atoms with Gasteiger partial charge in [0.25, 0.3) is 0 Å². The van der Waals surface area contributed by atoms with E-state index in [-0.39, 0.29) is 0 Å². The lowest BCUT2D eigenvalue weighted by molar-refractivity contribution is 0.515. The minimum absolute atomic E-state index is 0.522. The highest BCUT2D eigenvalue weighted by atomic mass is 16.4. The molecule has 2 aromatic carbocycles. The minimum Gasteiger partial charge on any atom is -0.419 e. The molecule has 3 aromatic rings. The van der Waals surface area contributed by atoms with Gasteiger partial charge in [0.05, 0.1) is 6.54 Å².